The van der Waals surface area contributed by atoms with Gasteiger partial charge in [-0.2, -0.15) is 0 Å². The van der Waals surface area contributed by atoms with Crippen LogP contribution in [0.5, 0.6) is 17.2 Å². The first kappa shape index (κ1) is 22.0. The first-order valence-corrected chi connectivity index (χ1v) is 10.7. The summed E-state index contributed by atoms with van der Waals surface area (Å²) in [6.07, 6.45) is 0. The maximum Gasteiger partial charge on any atom is 0.204 e. The predicted octanol–water partition coefficient (Wildman–Crippen LogP) is 2.56. The van der Waals surface area contributed by atoms with Crippen molar-refractivity contribution in [2.75, 3.05) is 65.4 Å². The van der Waals surface area contributed by atoms with Crippen molar-refractivity contribution in [2.45, 2.75) is 0 Å². The van der Waals surface area contributed by atoms with E-state index in [1.54, 1.807) is 0 Å². The lowest BCUT2D eigenvalue weighted by Gasteiger charge is -2.33. The molecule has 1 aromatic heterocycles. The average Bonchev–Trinajstić information content (AvgIpc) is 2.78. The number of phenolic OH excluding ortho intramolecular Hbond substituents is 2. The molecule has 2 N–H and O–H groups in total. The number of anilines is 1. The third-order valence-electron chi connectivity index (χ3n) is 6.06. The van der Waals surface area contributed by atoms with Crippen LogP contribution >= 0.6 is 0 Å². The molecule has 0 spiro atoms. The Kier molecular flexibility index (Phi) is 6.25. The van der Waals surface area contributed by atoms with Crippen molar-refractivity contribution in [1.29, 1.82) is 0 Å². The highest BCUT2D eigenvalue weighted by Crippen LogP contribution is 2.40. The zero-order chi connectivity index (χ0) is 22.8. The molecule has 8 heteroatoms. The van der Waals surface area contributed by atoms with Crippen LogP contribution in [-0.4, -0.2) is 80.5 Å². The molecule has 0 saturated carbocycles. The molecule has 0 atom stereocenters. The molecule has 170 valence electrons. The summed E-state index contributed by atoms with van der Waals surface area (Å²) in [6.45, 7) is 6.34. The molecule has 1 fully saturated rings. The first-order valence-electron chi connectivity index (χ1n) is 10.7. The highest BCUT2D eigenvalue weighted by atomic mass is 16.5. The number of phenols is 2. The number of benzene rings is 2. The van der Waals surface area contributed by atoms with Crippen LogP contribution in [0.25, 0.3) is 22.3 Å². The molecule has 0 radical (unpaired) electrons. The topological polar surface area (TPSA) is 89.6 Å². The lowest BCUT2D eigenvalue weighted by molar-refractivity contribution is 0.157. The number of piperazine rings is 1. The van der Waals surface area contributed by atoms with E-state index in [2.05, 4.69) is 28.8 Å². The van der Waals surface area contributed by atoms with E-state index in [1.807, 2.05) is 24.3 Å². The Labute approximate surface area is 186 Å². The van der Waals surface area contributed by atoms with E-state index in [0.29, 0.717) is 11.3 Å². The number of aromatic hydroxyl groups is 2. The van der Waals surface area contributed by atoms with Crippen LogP contribution in [0.1, 0.15) is 0 Å². The van der Waals surface area contributed by atoms with Crippen LogP contribution in [-0.2, 0) is 0 Å². The largest absolute Gasteiger partial charge is 0.507 e. The van der Waals surface area contributed by atoms with Crippen molar-refractivity contribution in [2.24, 2.45) is 0 Å². The van der Waals surface area contributed by atoms with Gasteiger partial charge in [0.2, 0.25) is 5.75 Å². The normalized spacial score (nSPS) is 15.2. The van der Waals surface area contributed by atoms with E-state index in [1.165, 1.54) is 13.2 Å². The minimum atomic E-state index is -0.412. The molecule has 0 amide bonds. The summed E-state index contributed by atoms with van der Waals surface area (Å²) < 4.78 is 11.1. The van der Waals surface area contributed by atoms with E-state index in [9.17, 15) is 15.0 Å². The maximum absolute atomic E-state index is 12.6. The fourth-order valence-corrected chi connectivity index (χ4v) is 3.99. The molecular weight excluding hydrogens is 410 g/mol. The molecule has 1 aliphatic rings. The number of fused-ring (bicyclic) bond motifs is 1. The summed E-state index contributed by atoms with van der Waals surface area (Å²) in [5.41, 5.74) is 1.38. The second kappa shape index (κ2) is 9.10. The van der Waals surface area contributed by atoms with Crippen molar-refractivity contribution in [1.82, 2.24) is 9.80 Å². The number of hydrogen-bond acceptors (Lipinski definition) is 8. The van der Waals surface area contributed by atoms with E-state index in [-0.39, 0.29) is 28.2 Å². The average molecular weight is 440 g/mol. The smallest absolute Gasteiger partial charge is 0.204 e. The van der Waals surface area contributed by atoms with Crippen LogP contribution in [0.15, 0.2) is 45.6 Å². The molecule has 2 aromatic carbocycles. The number of nitrogens with zero attached hydrogens (tertiary/aromatic N) is 3. The third-order valence-corrected chi connectivity index (χ3v) is 6.06. The summed E-state index contributed by atoms with van der Waals surface area (Å²) in [4.78, 5) is 19.7. The Bertz CT molecular complexity index is 1150. The summed E-state index contributed by atoms with van der Waals surface area (Å²) in [7, 11) is 5.59. The van der Waals surface area contributed by atoms with E-state index in [0.717, 1.165) is 51.0 Å². The molecule has 3 aromatic rings. The van der Waals surface area contributed by atoms with Crippen molar-refractivity contribution in [3.8, 4) is 28.6 Å². The quantitative estimate of drug-likeness (QED) is 0.606. The summed E-state index contributed by atoms with van der Waals surface area (Å²) in [5.74, 6) is -0.305. The standard InChI is InChI=1S/C24H29N3O5/c1-25-8-11-27(12-9-25)13-10-26(2)17-6-4-16(5-7-17)21-15-19(29)22-18(28)14-20(30)23(31-3)24(22)32-21/h4-7,14-15,28,30H,8-13H2,1-3H3. The van der Waals surface area contributed by atoms with E-state index < -0.39 is 5.43 Å². The van der Waals surface area contributed by atoms with Crippen molar-refractivity contribution in [3.05, 3.63) is 46.6 Å². The van der Waals surface area contributed by atoms with Gasteiger partial charge in [0, 0.05) is 69.7 Å². The van der Waals surface area contributed by atoms with Gasteiger partial charge in [-0.3, -0.25) is 9.69 Å². The van der Waals surface area contributed by atoms with Gasteiger partial charge in [-0.05, 0) is 31.3 Å². The van der Waals surface area contributed by atoms with Crippen molar-refractivity contribution >= 4 is 16.7 Å². The second-order valence-corrected chi connectivity index (χ2v) is 8.24. The SMILES string of the molecule is COc1c(O)cc(O)c2c(=O)cc(-c3ccc(N(C)CCN4CCN(C)CC4)cc3)oc12. The molecule has 0 bridgehead atoms. The van der Waals surface area contributed by atoms with Gasteiger partial charge < -0.3 is 29.2 Å². The Morgan fingerprint density at radius 2 is 1.75 bits per heavy atom. The number of hydrogen-bond donors (Lipinski definition) is 2. The fourth-order valence-electron chi connectivity index (χ4n) is 3.99. The van der Waals surface area contributed by atoms with Crippen molar-refractivity contribution in [3.63, 3.8) is 0 Å². The summed E-state index contributed by atoms with van der Waals surface area (Å²) >= 11 is 0. The highest BCUT2D eigenvalue weighted by molar-refractivity contribution is 5.91. The van der Waals surface area contributed by atoms with Gasteiger partial charge in [0.1, 0.15) is 16.9 Å². The van der Waals surface area contributed by atoms with Gasteiger partial charge in [0.25, 0.3) is 0 Å². The molecular formula is C24H29N3O5. The second-order valence-electron chi connectivity index (χ2n) is 8.24. The Morgan fingerprint density at radius 1 is 1.06 bits per heavy atom. The van der Waals surface area contributed by atoms with Gasteiger partial charge in [0.05, 0.1) is 7.11 Å². The molecule has 0 aliphatic carbocycles. The van der Waals surface area contributed by atoms with Gasteiger partial charge in [-0.1, -0.05) is 0 Å². The Balaban J connectivity index is 1.54. The number of methoxy groups -OCH3 is 1. The van der Waals surface area contributed by atoms with Crippen LogP contribution < -0.4 is 15.1 Å². The Hall–Kier alpha value is -3.23. The molecule has 0 unspecified atom stereocenters. The minimum absolute atomic E-state index is 0.0111. The first-order chi connectivity index (χ1) is 15.4. The maximum atomic E-state index is 12.6. The number of ether oxygens (including phenoxy) is 1. The van der Waals surface area contributed by atoms with Gasteiger partial charge >= 0.3 is 0 Å². The molecule has 1 saturated heterocycles. The molecule has 4 rings (SSSR count). The monoisotopic (exact) mass is 439 g/mol. The van der Waals surface area contributed by atoms with Crippen LogP contribution in [0.3, 0.4) is 0 Å². The lowest BCUT2D eigenvalue weighted by Crippen LogP contribution is -2.46. The number of rotatable bonds is 6. The van der Waals surface area contributed by atoms with Crippen LogP contribution in [0.4, 0.5) is 5.69 Å². The third kappa shape index (κ3) is 4.37. The highest BCUT2D eigenvalue weighted by Gasteiger charge is 2.19. The predicted molar refractivity (Wildman–Crippen MR) is 125 cm³/mol. The van der Waals surface area contributed by atoms with Crippen molar-refractivity contribution < 1.29 is 19.4 Å². The van der Waals surface area contributed by atoms with E-state index >= 15 is 0 Å². The van der Waals surface area contributed by atoms with Gasteiger partial charge in [0.15, 0.2) is 16.8 Å². The zero-order valence-electron chi connectivity index (χ0n) is 18.7. The Morgan fingerprint density at radius 3 is 2.41 bits per heavy atom. The molecule has 8 nitrogen and oxygen atoms in total. The van der Waals surface area contributed by atoms with Gasteiger partial charge in [-0.25, -0.2) is 0 Å². The lowest BCUT2D eigenvalue weighted by atomic mass is 10.1. The van der Waals surface area contributed by atoms with Crippen LogP contribution in [0, 0.1) is 0 Å². The minimum Gasteiger partial charge on any atom is -0.507 e. The van der Waals surface area contributed by atoms with Crippen LogP contribution in [0.2, 0.25) is 0 Å². The fraction of sp³-hybridized carbons (Fsp3) is 0.375. The molecule has 32 heavy (non-hydrogen) atoms. The van der Waals surface area contributed by atoms with Gasteiger partial charge in [-0.15, -0.1) is 0 Å². The molecule has 1 aliphatic heterocycles. The number of likely N-dealkylation sites (N-methyl/N-ethyl adjacent to an activating group) is 2. The molecule has 2 heterocycles. The zero-order valence-corrected chi connectivity index (χ0v) is 18.7. The summed E-state index contributed by atoms with van der Waals surface area (Å²) in [5, 5.41) is 20.1. The summed E-state index contributed by atoms with van der Waals surface area (Å²) in [6, 6.07) is 10.2. The van der Waals surface area contributed by atoms with E-state index in [4.69, 9.17) is 9.15 Å².